The molecular formula is C14H21F3N2O2. The van der Waals surface area contributed by atoms with Crippen molar-refractivity contribution in [1.82, 2.24) is 10.2 Å². The van der Waals surface area contributed by atoms with Crippen molar-refractivity contribution in [2.24, 2.45) is 5.92 Å². The van der Waals surface area contributed by atoms with E-state index in [1.165, 1.54) is 0 Å². The Hall–Kier alpha value is -1.27. The van der Waals surface area contributed by atoms with Gasteiger partial charge in [0.15, 0.2) is 0 Å². The molecule has 1 saturated carbocycles. The molecule has 0 aromatic heterocycles. The van der Waals surface area contributed by atoms with Crippen LogP contribution < -0.4 is 5.32 Å². The molecule has 1 N–H and O–H groups in total. The van der Waals surface area contributed by atoms with E-state index in [0.29, 0.717) is 0 Å². The van der Waals surface area contributed by atoms with Crippen molar-refractivity contribution < 1.29 is 22.8 Å². The quantitative estimate of drug-likeness (QED) is 0.869. The topological polar surface area (TPSA) is 49.4 Å². The maximum atomic E-state index is 12.7. The number of hydrogen-bond donors (Lipinski definition) is 1. The Morgan fingerprint density at radius 1 is 1.19 bits per heavy atom. The zero-order valence-corrected chi connectivity index (χ0v) is 12.1. The molecule has 0 bridgehead atoms. The summed E-state index contributed by atoms with van der Waals surface area (Å²) in [6.45, 7) is 0.267. The number of amides is 2. The third-order valence-corrected chi connectivity index (χ3v) is 4.38. The molecule has 1 aliphatic heterocycles. The van der Waals surface area contributed by atoms with Crippen molar-refractivity contribution in [2.45, 2.75) is 63.7 Å². The van der Waals surface area contributed by atoms with Crippen LogP contribution in [0, 0.1) is 5.92 Å². The number of piperazine rings is 1. The van der Waals surface area contributed by atoms with Gasteiger partial charge in [-0.2, -0.15) is 13.2 Å². The Morgan fingerprint density at radius 3 is 2.33 bits per heavy atom. The second kappa shape index (κ2) is 6.23. The van der Waals surface area contributed by atoms with E-state index in [1.54, 1.807) is 6.92 Å². The lowest BCUT2D eigenvalue weighted by Gasteiger charge is -2.42. The first kappa shape index (κ1) is 16.1. The van der Waals surface area contributed by atoms with Crippen LogP contribution in [-0.4, -0.2) is 41.5 Å². The summed E-state index contributed by atoms with van der Waals surface area (Å²) in [6, 6.07) is -1.80. The Bertz CT molecular complexity index is 406. The number of nitrogens with one attached hydrogen (secondary N) is 1. The van der Waals surface area contributed by atoms with E-state index in [4.69, 9.17) is 0 Å². The molecule has 1 heterocycles. The van der Waals surface area contributed by atoms with Gasteiger partial charge >= 0.3 is 6.18 Å². The molecule has 2 fully saturated rings. The summed E-state index contributed by atoms with van der Waals surface area (Å²) in [7, 11) is 0. The smallest absolute Gasteiger partial charge is 0.342 e. The average Bonchev–Trinajstić information content (AvgIpc) is 2.42. The first-order chi connectivity index (χ1) is 9.83. The van der Waals surface area contributed by atoms with Crippen LogP contribution in [0.1, 0.15) is 45.4 Å². The highest BCUT2D eigenvalue weighted by Crippen LogP contribution is 2.30. The molecule has 0 spiro atoms. The Kier molecular flexibility index (Phi) is 4.78. The van der Waals surface area contributed by atoms with E-state index < -0.39 is 36.6 Å². The molecule has 2 atom stereocenters. The van der Waals surface area contributed by atoms with Gasteiger partial charge < -0.3 is 10.2 Å². The predicted octanol–water partition coefficient (Wildman–Crippen LogP) is 2.23. The van der Waals surface area contributed by atoms with Crippen LogP contribution in [0.5, 0.6) is 0 Å². The van der Waals surface area contributed by atoms with Crippen molar-refractivity contribution in [3.63, 3.8) is 0 Å². The average molecular weight is 306 g/mol. The highest BCUT2D eigenvalue weighted by Gasteiger charge is 2.46. The number of rotatable bonds is 3. The largest absolute Gasteiger partial charge is 0.406 e. The van der Waals surface area contributed by atoms with Gasteiger partial charge in [0, 0.05) is 0 Å². The molecule has 21 heavy (non-hydrogen) atoms. The molecule has 0 aromatic rings. The predicted molar refractivity (Wildman–Crippen MR) is 70.4 cm³/mol. The summed E-state index contributed by atoms with van der Waals surface area (Å²) in [5.41, 5.74) is 0. The van der Waals surface area contributed by atoms with Gasteiger partial charge in [-0.1, -0.05) is 26.2 Å². The van der Waals surface area contributed by atoms with Gasteiger partial charge in [0.05, 0.1) is 0 Å². The van der Waals surface area contributed by atoms with Crippen molar-refractivity contribution in [3.05, 3.63) is 0 Å². The van der Waals surface area contributed by atoms with Crippen molar-refractivity contribution in [2.75, 3.05) is 6.54 Å². The maximum Gasteiger partial charge on any atom is 0.406 e. The highest BCUT2D eigenvalue weighted by molar-refractivity contribution is 5.97. The van der Waals surface area contributed by atoms with E-state index in [0.717, 1.165) is 37.0 Å². The fraction of sp³-hybridized carbons (Fsp3) is 0.857. The van der Waals surface area contributed by atoms with Crippen LogP contribution in [0.3, 0.4) is 0 Å². The number of carbonyl (C=O) groups is 2. The van der Waals surface area contributed by atoms with Gasteiger partial charge in [-0.05, 0) is 25.2 Å². The molecule has 1 saturated heterocycles. The summed E-state index contributed by atoms with van der Waals surface area (Å²) in [6.07, 6.45) is 0.264. The van der Waals surface area contributed by atoms with E-state index >= 15 is 0 Å². The van der Waals surface area contributed by atoms with Crippen LogP contribution in [0.2, 0.25) is 0 Å². The van der Waals surface area contributed by atoms with Gasteiger partial charge in [-0.15, -0.1) is 0 Å². The fourth-order valence-electron chi connectivity index (χ4n) is 3.36. The standard InChI is InChI=1S/C14H21F3N2O2/c1-2-10-12(20)18-11(9-6-4-3-5-7-9)13(21)19(10)8-14(15,16)17/h9-11H,2-8H2,1H3,(H,18,20). The molecule has 2 amide bonds. The normalized spacial score (nSPS) is 28.7. The van der Waals surface area contributed by atoms with Gasteiger partial charge in [0.2, 0.25) is 11.8 Å². The fourth-order valence-corrected chi connectivity index (χ4v) is 3.36. The minimum absolute atomic E-state index is 0.0382. The Morgan fingerprint density at radius 2 is 1.81 bits per heavy atom. The molecule has 1 aliphatic carbocycles. The lowest BCUT2D eigenvalue weighted by molar-refractivity contribution is -0.175. The summed E-state index contributed by atoms with van der Waals surface area (Å²) < 4.78 is 38.1. The summed E-state index contributed by atoms with van der Waals surface area (Å²) >= 11 is 0. The Labute approximate surface area is 122 Å². The van der Waals surface area contributed by atoms with Crippen molar-refractivity contribution in [1.29, 1.82) is 0 Å². The molecule has 2 rings (SSSR count). The van der Waals surface area contributed by atoms with E-state index in [-0.39, 0.29) is 12.3 Å². The van der Waals surface area contributed by atoms with Crippen molar-refractivity contribution >= 4 is 11.8 Å². The zero-order chi connectivity index (χ0) is 15.6. The summed E-state index contributed by atoms with van der Waals surface area (Å²) in [4.78, 5) is 25.2. The number of nitrogens with zero attached hydrogens (tertiary/aromatic N) is 1. The highest BCUT2D eigenvalue weighted by atomic mass is 19.4. The van der Waals surface area contributed by atoms with Crippen LogP contribution >= 0.6 is 0 Å². The number of halogens is 3. The minimum Gasteiger partial charge on any atom is -0.342 e. The van der Waals surface area contributed by atoms with Gasteiger partial charge in [0.1, 0.15) is 18.6 Å². The number of alkyl halides is 3. The lowest BCUT2D eigenvalue weighted by Crippen LogP contribution is -2.66. The Balaban J connectivity index is 2.18. The first-order valence-electron chi connectivity index (χ1n) is 7.51. The summed E-state index contributed by atoms with van der Waals surface area (Å²) in [5.74, 6) is -1.08. The summed E-state index contributed by atoms with van der Waals surface area (Å²) in [5, 5.41) is 2.66. The number of hydrogen-bond acceptors (Lipinski definition) is 2. The van der Waals surface area contributed by atoms with E-state index in [9.17, 15) is 22.8 Å². The van der Waals surface area contributed by atoms with Crippen LogP contribution in [-0.2, 0) is 9.59 Å². The SMILES string of the molecule is CCC1C(=O)NC(C2CCCCC2)C(=O)N1CC(F)(F)F. The monoisotopic (exact) mass is 306 g/mol. The third-order valence-electron chi connectivity index (χ3n) is 4.38. The molecule has 0 radical (unpaired) electrons. The molecule has 2 aliphatic rings. The van der Waals surface area contributed by atoms with Gasteiger partial charge in [-0.3, -0.25) is 9.59 Å². The number of carbonyl (C=O) groups excluding carboxylic acids is 2. The van der Waals surface area contributed by atoms with Crippen LogP contribution in [0.4, 0.5) is 13.2 Å². The molecule has 2 unspecified atom stereocenters. The second-order valence-electron chi connectivity index (χ2n) is 5.89. The van der Waals surface area contributed by atoms with Gasteiger partial charge in [0.25, 0.3) is 0 Å². The molecule has 0 aromatic carbocycles. The first-order valence-corrected chi connectivity index (χ1v) is 7.51. The third kappa shape index (κ3) is 3.68. The maximum absolute atomic E-state index is 12.7. The van der Waals surface area contributed by atoms with Crippen molar-refractivity contribution in [3.8, 4) is 0 Å². The molecule has 4 nitrogen and oxygen atoms in total. The molecule has 120 valence electrons. The van der Waals surface area contributed by atoms with Gasteiger partial charge in [-0.25, -0.2) is 0 Å². The zero-order valence-electron chi connectivity index (χ0n) is 12.1. The van der Waals surface area contributed by atoms with Crippen LogP contribution in [0.15, 0.2) is 0 Å². The molecular weight excluding hydrogens is 285 g/mol. The lowest BCUT2D eigenvalue weighted by atomic mass is 9.82. The van der Waals surface area contributed by atoms with E-state index in [2.05, 4.69) is 5.32 Å². The molecule has 7 heteroatoms. The second-order valence-corrected chi connectivity index (χ2v) is 5.89. The van der Waals surface area contributed by atoms with Crippen LogP contribution in [0.25, 0.3) is 0 Å². The minimum atomic E-state index is -4.49. The van der Waals surface area contributed by atoms with E-state index in [1.807, 2.05) is 0 Å².